The van der Waals surface area contributed by atoms with E-state index in [-0.39, 0.29) is 11.5 Å². The molecule has 0 aromatic carbocycles. The molecule has 1 aliphatic carbocycles. The number of esters is 1. The first-order chi connectivity index (χ1) is 9.04. The summed E-state index contributed by atoms with van der Waals surface area (Å²) in [5, 5.41) is 0. The zero-order chi connectivity index (χ0) is 14.3. The highest BCUT2D eigenvalue weighted by atomic mass is 16.5. The van der Waals surface area contributed by atoms with Crippen molar-refractivity contribution in [2.75, 3.05) is 20.7 Å². The van der Waals surface area contributed by atoms with Crippen LogP contribution in [-0.2, 0) is 9.53 Å². The van der Waals surface area contributed by atoms with E-state index in [1.54, 1.807) is 0 Å². The van der Waals surface area contributed by atoms with Gasteiger partial charge in [0.1, 0.15) is 0 Å². The van der Waals surface area contributed by atoms with Crippen LogP contribution in [0.25, 0.3) is 0 Å². The molecule has 0 aromatic rings. The third-order valence-electron chi connectivity index (χ3n) is 4.70. The average molecular weight is 269 g/mol. The Bertz CT molecular complexity index is 278. The molecule has 0 heterocycles. The summed E-state index contributed by atoms with van der Waals surface area (Å²) in [6.45, 7) is 4.63. The molecule has 2 unspecified atom stereocenters. The molecular weight excluding hydrogens is 238 g/mol. The van der Waals surface area contributed by atoms with E-state index in [9.17, 15) is 4.79 Å². The monoisotopic (exact) mass is 269 g/mol. The molecule has 0 amide bonds. The van der Waals surface area contributed by atoms with E-state index in [1.165, 1.54) is 32.1 Å². The number of hydrogen-bond donors (Lipinski definition) is 0. The molecule has 0 aromatic heterocycles. The number of rotatable bonds is 6. The van der Waals surface area contributed by atoms with Crippen LogP contribution >= 0.6 is 0 Å². The lowest BCUT2D eigenvalue weighted by molar-refractivity contribution is -0.146. The summed E-state index contributed by atoms with van der Waals surface area (Å²) >= 11 is 0. The molecule has 0 aliphatic heterocycles. The maximum absolute atomic E-state index is 11.9. The van der Waals surface area contributed by atoms with Gasteiger partial charge in [-0.05, 0) is 46.2 Å². The summed E-state index contributed by atoms with van der Waals surface area (Å²) in [7, 11) is 4.22. The Hall–Kier alpha value is -0.570. The van der Waals surface area contributed by atoms with E-state index in [1.807, 2.05) is 6.92 Å². The van der Waals surface area contributed by atoms with Gasteiger partial charge >= 0.3 is 5.97 Å². The zero-order valence-electron chi connectivity index (χ0n) is 13.2. The van der Waals surface area contributed by atoms with Crippen LogP contribution in [0.1, 0.15) is 65.2 Å². The molecule has 1 saturated carbocycles. The molecular formula is C16H31NO2. The van der Waals surface area contributed by atoms with E-state index in [0.29, 0.717) is 13.0 Å². The van der Waals surface area contributed by atoms with Crippen molar-refractivity contribution in [3.05, 3.63) is 0 Å². The third kappa shape index (κ3) is 4.79. The summed E-state index contributed by atoms with van der Waals surface area (Å²) in [6.07, 6.45) is 9.23. The quantitative estimate of drug-likeness (QED) is 0.545. The Morgan fingerprint density at radius 3 is 2.58 bits per heavy atom. The summed E-state index contributed by atoms with van der Waals surface area (Å²) in [4.78, 5) is 14.2. The molecule has 3 heteroatoms. The van der Waals surface area contributed by atoms with Gasteiger partial charge < -0.3 is 9.64 Å². The second-order valence-electron chi connectivity index (χ2n) is 6.19. The van der Waals surface area contributed by atoms with Gasteiger partial charge in [0.05, 0.1) is 13.0 Å². The standard InChI is InChI=1S/C16H31NO2/c1-5-8-14-9-7-11-16(12-10-14,17(3)4)13-15(18)19-6-2/h14H,5-13H2,1-4H3. The smallest absolute Gasteiger partial charge is 0.307 e. The van der Waals surface area contributed by atoms with Crippen LogP contribution in [0, 0.1) is 5.92 Å². The molecule has 0 saturated heterocycles. The van der Waals surface area contributed by atoms with Crippen molar-refractivity contribution in [2.24, 2.45) is 5.92 Å². The van der Waals surface area contributed by atoms with Crippen LogP contribution in [-0.4, -0.2) is 37.1 Å². The minimum absolute atomic E-state index is 0.0226. The lowest BCUT2D eigenvalue weighted by Crippen LogP contribution is -2.46. The molecule has 19 heavy (non-hydrogen) atoms. The summed E-state index contributed by atoms with van der Waals surface area (Å²) in [5.74, 6) is 0.819. The van der Waals surface area contributed by atoms with Crippen LogP contribution in [0.15, 0.2) is 0 Å². The predicted molar refractivity (Wildman–Crippen MR) is 79.2 cm³/mol. The fourth-order valence-electron chi connectivity index (χ4n) is 3.42. The molecule has 112 valence electrons. The Labute approximate surface area is 118 Å². The largest absolute Gasteiger partial charge is 0.466 e. The first-order valence-corrected chi connectivity index (χ1v) is 7.87. The molecule has 0 spiro atoms. The first kappa shape index (κ1) is 16.5. The van der Waals surface area contributed by atoms with Gasteiger partial charge in [-0.25, -0.2) is 0 Å². The number of carbonyl (C=O) groups excluding carboxylic acids is 1. The molecule has 1 fully saturated rings. The fraction of sp³-hybridized carbons (Fsp3) is 0.938. The highest BCUT2D eigenvalue weighted by Gasteiger charge is 2.37. The molecule has 1 rings (SSSR count). The first-order valence-electron chi connectivity index (χ1n) is 7.87. The van der Waals surface area contributed by atoms with Crippen LogP contribution in [0.2, 0.25) is 0 Å². The van der Waals surface area contributed by atoms with Crippen molar-refractivity contribution in [2.45, 2.75) is 70.8 Å². The van der Waals surface area contributed by atoms with E-state index in [0.717, 1.165) is 18.8 Å². The van der Waals surface area contributed by atoms with E-state index in [2.05, 4.69) is 25.9 Å². The van der Waals surface area contributed by atoms with Crippen LogP contribution < -0.4 is 0 Å². The van der Waals surface area contributed by atoms with Crippen molar-refractivity contribution in [1.29, 1.82) is 0 Å². The average Bonchev–Trinajstić information content (AvgIpc) is 2.54. The maximum Gasteiger partial charge on any atom is 0.307 e. The van der Waals surface area contributed by atoms with E-state index in [4.69, 9.17) is 4.74 Å². The van der Waals surface area contributed by atoms with E-state index < -0.39 is 0 Å². The third-order valence-corrected chi connectivity index (χ3v) is 4.70. The summed E-state index contributed by atoms with van der Waals surface area (Å²) in [6, 6.07) is 0. The second kappa shape index (κ2) is 7.88. The van der Waals surface area contributed by atoms with E-state index >= 15 is 0 Å². The van der Waals surface area contributed by atoms with Gasteiger partial charge in [-0.1, -0.05) is 32.6 Å². The van der Waals surface area contributed by atoms with Crippen molar-refractivity contribution < 1.29 is 9.53 Å². The minimum Gasteiger partial charge on any atom is -0.466 e. The second-order valence-corrected chi connectivity index (χ2v) is 6.19. The van der Waals surface area contributed by atoms with Gasteiger partial charge in [0.15, 0.2) is 0 Å². The number of hydrogen-bond acceptors (Lipinski definition) is 3. The minimum atomic E-state index is -0.0369. The van der Waals surface area contributed by atoms with Crippen molar-refractivity contribution in [1.82, 2.24) is 4.90 Å². The van der Waals surface area contributed by atoms with Gasteiger partial charge in [0.25, 0.3) is 0 Å². The molecule has 3 nitrogen and oxygen atoms in total. The highest BCUT2D eigenvalue weighted by molar-refractivity contribution is 5.70. The summed E-state index contributed by atoms with van der Waals surface area (Å²) < 4.78 is 5.17. The van der Waals surface area contributed by atoms with Crippen LogP contribution in [0.3, 0.4) is 0 Å². The highest BCUT2D eigenvalue weighted by Crippen LogP contribution is 2.37. The molecule has 0 radical (unpaired) electrons. The van der Waals surface area contributed by atoms with Crippen molar-refractivity contribution >= 4 is 5.97 Å². The van der Waals surface area contributed by atoms with Crippen LogP contribution in [0.4, 0.5) is 0 Å². The Kier molecular flexibility index (Phi) is 6.84. The lowest BCUT2D eigenvalue weighted by Gasteiger charge is -2.39. The Morgan fingerprint density at radius 1 is 1.26 bits per heavy atom. The topological polar surface area (TPSA) is 29.5 Å². The van der Waals surface area contributed by atoms with Gasteiger partial charge in [-0.3, -0.25) is 4.79 Å². The molecule has 0 bridgehead atoms. The molecule has 2 atom stereocenters. The number of ether oxygens (including phenoxy) is 1. The van der Waals surface area contributed by atoms with Gasteiger partial charge in [0, 0.05) is 5.54 Å². The number of carbonyl (C=O) groups is 1. The van der Waals surface area contributed by atoms with Crippen molar-refractivity contribution in [3.8, 4) is 0 Å². The Morgan fingerprint density at radius 2 is 2.00 bits per heavy atom. The van der Waals surface area contributed by atoms with Gasteiger partial charge in [-0.15, -0.1) is 0 Å². The van der Waals surface area contributed by atoms with Crippen molar-refractivity contribution in [3.63, 3.8) is 0 Å². The Balaban J connectivity index is 2.68. The normalized spacial score (nSPS) is 28.2. The lowest BCUT2D eigenvalue weighted by atomic mass is 9.84. The predicted octanol–water partition coefficient (Wildman–Crippen LogP) is 3.62. The maximum atomic E-state index is 11.9. The summed E-state index contributed by atoms with van der Waals surface area (Å²) in [5.41, 5.74) is 0.0226. The molecule has 1 aliphatic rings. The SMILES string of the molecule is CCCC1CCCC(CC(=O)OCC)(N(C)C)CC1. The van der Waals surface area contributed by atoms with Gasteiger partial charge in [0.2, 0.25) is 0 Å². The molecule has 0 N–H and O–H groups in total. The zero-order valence-corrected chi connectivity index (χ0v) is 13.2. The fourth-order valence-corrected chi connectivity index (χ4v) is 3.42. The van der Waals surface area contributed by atoms with Crippen LogP contribution in [0.5, 0.6) is 0 Å². The number of nitrogens with zero attached hydrogens (tertiary/aromatic N) is 1. The van der Waals surface area contributed by atoms with Gasteiger partial charge in [-0.2, -0.15) is 0 Å².